The second-order valence-electron chi connectivity index (χ2n) is 6.60. The topological polar surface area (TPSA) is 42.0 Å². The number of rotatable bonds is 3. The van der Waals surface area contributed by atoms with Crippen LogP contribution in [0.15, 0.2) is 30.3 Å². The van der Waals surface area contributed by atoms with E-state index in [1.165, 1.54) is 5.56 Å². The summed E-state index contributed by atoms with van der Waals surface area (Å²) < 4.78 is 11.0. The lowest BCUT2D eigenvalue weighted by molar-refractivity contribution is -0.0756. The number of hydrogen-bond acceptors (Lipinski definition) is 4. The van der Waals surface area contributed by atoms with Crippen molar-refractivity contribution >= 4 is 6.09 Å². The van der Waals surface area contributed by atoms with Gasteiger partial charge < -0.3 is 9.47 Å². The van der Waals surface area contributed by atoms with Gasteiger partial charge in [-0.05, 0) is 26.3 Å². The average molecular weight is 306 g/mol. The van der Waals surface area contributed by atoms with Gasteiger partial charge in [0, 0.05) is 20.1 Å². The third-order valence-corrected chi connectivity index (χ3v) is 3.57. The Morgan fingerprint density at radius 1 is 1.36 bits per heavy atom. The number of hydrogen-bond donors (Lipinski definition) is 0. The number of morpholine rings is 1. The number of likely N-dealkylation sites (N-methyl/N-ethyl adjacent to an activating group) is 1. The second-order valence-corrected chi connectivity index (χ2v) is 6.60. The van der Waals surface area contributed by atoms with Gasteiger partial charge in [-0.1, -0.05) is 30.3 Å². The van der Waals surface area contributed by atoms with Gasteiger partial charge in [0.05, 0.1) is 13.2 Å². The highest BCUT2D eigenvalue weighted by Gasteiger charge is 2.31. The molecule has 1 saturated heterocycles. The second kappa shape index (κ2) is 7.11. The smallest absolute Gasteiger partial charge is 0.411 e. The van der Waals surface area contributed by atoms with Crippen LogP contribution in [0.3, 0.4) is 0 Å². The first-order chi connectivity index (χ1) is 10.4. The van der Waals surface area contributed by atoms with Crippen LogP contribution in [-0.4, -0.2) is 54.5 Å². The summed E-state index contributed by atoms with van der Waals surface area (Å²) >= 11 is 0. The first-order valence-electron chi connectivity index (χ1n) is 7.68. The van der Waals surface area contributed by atoms with E-state index in [0.717, 1.165) is 13.1 Å². The molecule has 1 fully saturated rings. The van der Waals surface area contributed by atoms with Crippen LogP contribution in [0.1, 0.15) is 26.3 Å². The highest BCUT2D eigenvalue weighted by Crippen LogP contribution is 2.17. The standard InChI is InChI=1S/C17H26N2O3/c1-17(2,3)22-16(20)18(4)15-13-21-11-10-19(15)12-14-8-6-5-7-9-14/h5-9,15H,10-13H2,1-4H3. The molecular weight excluding hydrogens is 280 g/mol. The van der Waals surface area contributed by atoms with Crippen molar-refractivity contribution in [3.63, 3.8) is 0 Å². The fourth-order valence-electron chi connectivity index (χ4n) is 2.44. The number of carbonyl (C=O) groups excluding carboxylic acids is 1. The SMILES string of the molecule is CN(C(=O)OC(C)(C)C)C1COCCN1Cc1ccccc1. The molecule has 2 rings (SSSR count). The summed E-state index contributed by atoms with van der Waals surface area (Å²) in [6, 6.07) is 10.3. The average Bonchev–Trinajstić information content (AvgIpc) is 2.46. The zero-order valence-corrected chi connectivity index (χ0v) is 13.9. The predicted octanol–water partition coefficient (Wildman–Crippen LogP) is 2.71. The Balaban J connectivity index is 2.04. The number of benzene rings is 1. The molecule has 0 N–H and O–H groups in total. The summed E-state index contributed by atoms with van der Waals surface area (Å²) in [5.41, 5.74) is 0.734. The van der Waals surface area contributed by atoms with Gasteiger partial charge in [0.25, 0.3) is 0 Å². The van der Waals surface area contributed by atoms with Gasteiger partial charge in [-0.25, -0.2) is 4.79 Å². The molecule has 22 heavy (non-hydrogen) atoms. The van der Waals surface area contributed by atoms with Crippen LogP contribution in [0.5, 0.6) is 0 Å². The number of amides is 1. The number of carbonyl (C=O) groups is 1. The van der Waals surface area contributed by atoms with Crippen LogP contribution in [0, 0.1) is 0 Å². The number of ether oxygens (including phenoxy) is 2. The molecule has 1 unspecified atom stereocenters. The van der Waals surface area contributed by atoms with Crippen LogP contribution in [0.25, 0.3) is 0 Å². The fraction of sp³-hybridized carbons (Fsp3) is 0.588. The fourth-order valence-corrected chi connectivity index (χ4v) is 2.44. The lowest BCUT2D eigenvalue weighted by atomic mass is 10.2. The van der Waals surface area contributed by atoms with Crippen LogP contribution < -0.4 is 0 Å². The molecule has 1 heterocycles. The summed E-state index contributed by atoms with van der Waals surface area (Å²) in [5.74, 6) is 0. The molecule has 1 aromatic rings. The van der Waals surface area contributed by atoms with E-state index in [9.17, 15) is 4.79 Å². The first-order valence-corrected chi connectivity index (χ1v) is 7.68. The minimum atomic E-state index is -0.495. The van der Waals surface area contributed by atoms with Gasteiger partial charge in [-0.3, -0.25) is 9.80 Å². The molecule has 0 bridgehead atoms. The maximum atomic E-state index is 12.3. The van der Waals surface area contributed by atoms with Gasteiger partial charge in [0.1, 0.15) is 11.8 Å². The van der Waals surface area contributed by atoms with E-state index in [-0.39, 0.29) is 12.3 Å². The van der Waals surface area contributed by atoms with Crippen molar-refractivity contribution in [1.29, 1.82) is 0 Å². The van der Waals surface area contributed by atoms with Crippen LogP contribution in [0.2, 0.25) is 0 Å². The maximum Gasteiger partial charge on any atom is 0.411 e. The van der Waals surface area contributed by atoms with Crippen LogP contribution in [-0.2, 0) is 16.0 Å². The summed E-state index contributed by atoms with van der Waals surface area (Å²) in [6.45, 7) is 8.40. The molecule has 0 saturated carbocycles. The molecule has 5 heteroatoms. The van der Waals surface area contributed by atoms with E-state index in [4.69, 9.17) is 9.47 Å². The zero-order valence-electron chi connectivity index (χ0n) is 13.9. The zero-order chi connectivity index (χ0) is 16.2. The van der Waals surface area contributed by atoms with Crippen molar-refractivity contribution in [2.24, 2.45) is 0 Å². The van der Waals surface area contributed by atoms with Crippen molar-refractivity contribution in [2.75, 3.05) is 26.8 Å². The summed E-state index contributed by atoms with van der Waals surface area (Å²) in [7, 11) is 1.77. The van der Waals surface area contributed by atoms with Crippen molar-refractivity contribution in [1.82, 2.24) is 9.80 Å². The maximum absolute atomic E-state index is 12.3. The Hall–Kier alpha value is -1.59. The monoisotopic (exact) mass is 306 g/mol. The summed E-state index contributed by atoms with van der Waals surface area (Å²) in [5, 5.41) is 0. The highest BCUT2D eigenvalue weighted by atomic mass is 16.6. The third-order valence-electron chi connectivity index (χ3n) is 3.57. The molecule has 0 aliphatic carbocycles. The van der Waals surface area contributed by atoms with Crippen molar-refractivity contribution in [3.8, 4) is 0 Å². The lowest BCUT2D eigenvalue weighted by Crippen LogP contribution is -2.55. The van der Waals surface area contributed by atoms with Gasteiger partial charge in [-0.15, -0.1) is 0 Å². The quantitative estimate of drug-likeness (QED) is 0.861. The Labute approximate surface area is 132 Å². The predicted molar refractivity (Wildman–Crippen MR) is 85.5 cm³/mol. The Bertz CT molecular complexity index is 484. The molecule has 1 atom stereocenters. The molecule has 0 aromatic heterocycles. The summed E-state index contributed by atoms with van der Waals surface area (Å²) in [4.78, 5) is 16.2. The van der Waals surface area contributed by atoms with Crippen molar-refractivity contribution < 1.29 is 14.3 Å². The summed E-state index contributed by atoms with van der Waals surface area (Å²) in [6.07, 6.45) is -0.426. The van der Waals surface area contributed by atoms with Gasteiger partial charge in [0.2, 0.25) is 0 Å². The minimum Gasteiger partial charge on any atom is -0.444 e. The van der Waals surface area contributed by atoms with E-state index in [0.29, 0.717) is 13.2 Å². The normalized spacial score (nSPS) is 19.7. The lowest BCUT2D eigenvalue weighted by Gasteiger charge is -2.40. The van der Waals surface area contributed by atoms with Gasteiger partial charge in [0.15, 0.2) is 0 Å². The third kappa shape index (κ3) is 4.71. The Morgan fingerprint density at radius 3 is 2.68 bits per heavy atom. The van der Waals surface area contributed by atoms with Crippen molar-refractivity contribution in [3.05, 3.63) is 35.9 Å². The molecule has 0 spiro atoms. The molecule has 1 aliphatic rings. The van der Waals surface area contributed by atoms with E-state index < -0.39 is 5.60 Å². The van der Waals surface area contributed by atoms with Gasteiger partial charge >= 0.3 is 6.09 Å². The largest absolute Gasteiger partial charge is 0.444 e. The minimum absolute atomic E-state index is 0.108. The molecule has 1 aromatic carbocycles. The molecule has 1 aliphatic heterocycles. The first kappa shape index (κ1) is 16.8. The van der Waals surface area contributed by atoms with E-state index in [1.54, 1.807) is 11.9 Å². The molecule has 1 amide bonds. The van der Waals surface area contributed by atoms with E-state index >= 15 is 0 Å². The molecule has 5 nitrogen and oxygen atoms in total. The van der Waals surface area contributed by atoms with Crippen molar-refractivity contribution in [2.45, 2.75) is 39.1 Å². The number of nitrogens with zero attached hydrogens (tertiary/aromatic N) is 2. The van der Waals surface area contributed by atoms with Gasteiger partial charge in [-0.2, -0.15) is 0 Å². The molecule has 0 radical (unpaired) electrons. The van der Waals surface area contributed by atoms with E-state index in [2.05, 4.69) is 17.0 Å². The van der Waals surface area contributed by atoms with E-state index in [1.807, 2.05) is 39.0 Å². The Kier molecular flexibility index (Phi) is 5.42. The molecular formula is C17H26N2O3. The molecule has 122 valence electrons. The highest BCUT2D eigenvalue weighted by molar-refractivity contribution is 5.68. The Morgan fingerprint density at radius 2 is 2.05 bits per heavy atom. The van der Waals surface area contributed by atoms with Crippen LogP contribution >= 0.6 is 0 Å². The van der Waals surface area contributed by atoms with Crippen LogP contribution in [0.4, 0.5) is 4.79 Å².